The maximum atomic E-state index is 12.9. The van der Waals surface area contributed by atoms with Crippen LogP contribution in [0, 0.1) is 0 Å². The summed E-state index contributed by atoms with van der Waals surface area (Å²) in [7, 11) is 1.64. The first-order valence-electron chi connectivity index (χ1n) is 8.92. The maximum Gasteiger partial charge on any atom is 0.254 e. The third-order valence-electron chi connectivity index (χ3n) is 5.24. The standard InChI is InChI=1S/C18H26N2O6S/c1-24-15-10-13(11-16(25-2)17(15)26-3)18(21)20-7-5-19(6-8-20)14-4-9-27(22,23)12-14/h10-11,14H,4-9,12H2,1-3H3. The Morgan fingerprint density at radius 2 is 1.59 bits per heavy atom. The molecule has 0 bridgehead atoms. The molecule has 0 radical (unpaired) electrons. The number of sulfone groups is 1. The van der Waals surface area contributed by atoms with E-state index in [1.54, 1.807) is 17.0 Å². The molecule has 27 heavy (non-hydrogen) atoms. The van der Waals surface area contributed by atoms with Gasteiger partial charge in [-0.05, 0) is 18.6 Å². The highest BCUT2D eigenvalue weighted by Gasteiger charge is 2.34. The molecular weight excluding hydrogens is 372 g/mol. The number of benzene rings is 1. The second-order valence-corrected chi connectivity index (χ2v) is 9.03. The number of hydrogen-bond acceptors (Lipinski definition) is 7. The largest absolute Gasteiger partial charge is 0.493 e. The molecule has 2 aliphatic rings. The van der Waals surface area contributed by atoms with Gasteiger partial charge < -0.3 is 19.1 Å². The molecule has 2 heterocycles. The van der Waals surface area contributed by atoms with Gasteiger partial charge in [0.05, 0.1) is 32.8 Å². The fourth-order valence-electron chi connectivity index (χ4n) is 3.74. The molecule has 0 spiro atoms. The van der Waals surface area contributed by atoms with Crippen molar-refractivity contribution in [3.63, 3.8) is 0 Å². The zero-order chi connectivity index (χ0) is 19.6. The fourth-order valence-corrected chi connectivity index (χ4v) is 5.50. The van der Waals surface area contributed by atoms with E-state index in [9.17, 15) is 13.2 Å². The van der Waals surface area contributed by atoms with Crippen LogP contribution in [0.5, 0.6) is 17.2 Å². The SMILES string of the molecule is COc1cc(C(=O)N2CCN(C3CCS(=O)(=O)C3)CC2)cc(OC)c1OC. The van der Waals surface area contributed by atoms with Crippen molar-refractivity contribution in [3.05, 3.63) is 17.7 Å². The monoisotopic (exact) mass is 398 g/mol. The first-order valence-corrected chi connectivity index (χ1v) is 10.7. The van der Waals surface area contributed by atoms with Gasteiger partial charge in [0.25, 0.3) is 5.91 Å². The van der Waals surface area contributed by atoms with Crippen molar-refractivity contribution in [2.24, 2.45) is 0 Å². The minimum absolute atomic E-state index is 0.0772. The molecule has 0 saturated carbocycles. The molecule has 1 unspecified atom stereocenters. The average molecular weight is 398 g/mol. The van der Waals surface area contributed by atoms with Gasteiger partial charge in [-0.25, -0.2) is 8.42 Å². The van der Waals surface area contributed by atoms with Crippen molar-refractivity contribution in [2.75, 3.05) is 59.0 Å². The Labute approximate surface area is 159 Å². The number of nitrogens with zero attached hydrogens (tertiary/aromatic N) is 2. The predicted octanol–water partition coefficient (Wildman–Crippen LogP) is 0.657. The van der Waals surface area contributed by atoms with Crippen molar-refractivity contribution < 1.29 is 27.4 Å². The number of hydrogen-bond donors (Lipinski definition) is 0. The van der Waals surface area contributed by atoms with Crippen LogP contribution in [0.4, 0.5) is 0 Å². The lowest BCUT2D eigenvalue weighted by Crippen LogP contribution is -2.52. The molecule has 1 aromatic rings. The summed E-state index contributed by atoms with van der Waals surface area (Å²) in [6, 6.07) is 3.38. The molecule has 150 valence electrons. The molecule has 9 heteroatoms. The summed E-state index contributed by atoms with van der Waals surface area (Å²) < 4.78 is 39.3. The van der Waals surface area contributed by atoms with Gasteiger partial charge in [-0.2, -0.15) is 0 Å². The molecule has 2 saturated heterocycles. The van der Waals surface area contributed by atoms with Crippen LogP contribution in [-0.4, -0.2) is 89.2 Å². The van der Waals surface area contributed by atoms with Crippen LogP contribution in [0.3, 0.4) is 0 Å². The minimum atomic E-state index is -2.90. The first kappa shape index (κ1) is 19.8. The predicted molar refractivity (Wildman–Crippen MR) is 101 cm³/mol. The topological polar surface area (TPSA) is 85.4 Å². The van der Waals surface area contributed by atoms with Crippen molar-refractivity contribution in [1.82, 2.24) is 9.80 Å². The number of piperazine rings is 1. The van der Waals surface area contributed by atoms with Gasteiger partial charge >= 0.3 is 0 Å². The molecule has 0 N–H and O–H groups in total. The van der Waals surface area contributed by atoms with Crippen LogP contribution < -0.4 is 14.2 Å². The van der Waals surface area contributed by atoms with E-state index in [1.165, 1.54) is 21.3 Å². The second kappa shape index (κ2) is 7.93. The van der Waals surface area contributed by atoms with Crippen LogP contribution in [0.15, 0.2) is 12.1 Å². The molecule has 1 amide bonds. The van der Waals surface area contributed by atoms with E-state index in [0.717, 1.165) is 0 Å². The van der Waals surface area contributed by atoms with E-state index >= 15 is 0 Å². The molecule has 1 aromatic carbocycles. The van der Waals surface area contributed by atoms with Gasteiger partial charge in [-0.3, -0.25) is 9.69 Å². The van der Waals surface area contributed by atoms with Crippen molar-refractivity contribution in [3.8, 4) is 17.2 Å². The normalized spacial score (nSPS) is 22.5. The Balaban J connectivity index is 1.69. The summed E-state index contributed by atoms with van der Waals surface area (Å²) in [6.45, 7) is 2.48. The van der Waals surface area contributed by atoms with Gasteiger partial charge in [0.2, 0.25) is 5.75 Å². The molecule has 8 nitrogen and oxygen atoms in total. The maximum absolute atomic E-state index is 12.9. The Morgan fingerprint density at radius 3 is 2.04 bits per heavy atom. The molecule has 3 rings (SSSR count). The van der Waals surface area contributed by atoms with Crippen LogP contribution in [0.2, 0.25) is 0 Å². The zero-order valence-corrected chi connectivity index (χ0v) is 16.8. The Kier molecular flexibility index (Phi) is 5.81. The number of carbonyl (C=O) groups excluding carboxylic acids is 1. The van der Waals surface area contributed by atoms with Gasteiger partial charge in [0, 0.05) is 37.8 Å². The Hall–Kier alpha value is -2.00. The quantitative estimate of drug-likeness (QED) is 0.720. The summed E-state index contributed by atoms with van der Waals surface area (Å²) >= 11 is 0. The van der Waals surface area contributed by atoms with Crippen LogP contribution in [0.1, 0.15) is 16.8 Å². The van der Waals surface area contributed by atoms with Crippen molar-refractivity contribution in [1.29, 1.82) is 0 Å². The molecule has 0 aromatic heterocycles. The number of carbonyl (C=O) groups is 1. The lowest BCUT2D eigenvalue weighted by atomic mass is 10.1. The summed E-state index contributed by atoms with van der Waals surface area (Å²) in [5, 5.41) is 0. The summed E-state index contributed by atoms with van der Waals surface area (Å²) in [6.07, 6.45) is 0.684. The minimum Gasteiger partial charge on any atom is -0.493 e. The third-order valence-corrected chi connectivity index (χ3v) is 6.99. The third kappa shape index (κ3) is 4.14. The summed E-state index contributed by atoms with van der Waals surface area (Å²) in [4.78, 5) is 16.9. The number of rotatable bonds is 5. The van der Waals surface area contributed by atoms with E-state index < -0.39 is 9.84 Å². The molecule has 2 fully saturated rings. The average Bonchev–Trinajstić information content (AvgIpc) is 3.06. The smallest absolute Gasteiger partial charge is 0.254 e. The Morgan fingerprint density at radius 1 is 1.00 bits per heavy atom. The number of amides is 1. The lowest BCUT2D eigenvalue weighted by molar-refractivity contribution is 0.0587. The van der Waals surface area contributed by atoms with E-state index in [4.69, 9.17) is 14.2 Å². The first-order chi connectivity index (χ1) is 12.9. The highest BCUT2D eigenvalue weighted by atomic mass is 32.2. The van der Waals surface area contributed by atoms with Gasteiger partial charge in [-0.1, -0.05) is 0 Å². The summed E-state index contributed by atoms with van der Waals surface area (Å²) in [5.41, 5.74) is 0.474. The Bertz CT molecular complexity index is 777. The van der Waals surface area contributed by atoms with Crippen molar-refractivity contribution >= 4 is 15.7 Å². The van der Waals surface area contributed by atoms with Gasteiger partial charge in [-0.15, -0.1) is 0 Å². The van der Waals surface area contributed by atoms with Crippen molar-refractivity contribution in [2.45, 2.75) is 12.5 Å². The second-order valence-electron chi connectivity index (χ2n) is 6.80. The summed E-state index contributed by atoms with van der Waals surface area (Å²) in [5.74, 6) is 1.72. The molecular formula is C18H26N2O6S. The number of ether oxygens (including phenoxy) is 3. The van der Waals surface area contributed by atoms with Gasteiger partial charge in [0.1, 0.15) is 0 Å². The van der Waals surface area contributed by atoms with E-state index in [0.29, 0.717) is 55.4 Å². The molecule has 1 atom stereocenters. The highest BCUT2D eigenvalue weighted by Crippen LogP contribution is 2.38. The number of methoxy groups -OCH3 is 3. The molecule has 0 aliphatic carbocycles. The van der Waals surface area contributed by atoms with Crippen LogP contribution >= 0.6 is 0 Å². The van der Waals surface area contributed by atoms with Gasteiger partial charge in [0.15, 0.2) is 21.3 Å². The van der Waals surface area contributed by atoms with Crippen LogP contribution in [-0.2, 0) is 9.84 Å². The highest BCUT2D eigenvalue weighted by molar-refractivity contribution is 7.91. The van der Waals surface area contributed by atoms with E-state index in [2.05, 4.69) is 4.90 Å². The fraction of sp³-hybridized carbons (Fsp3) is 0.611. The van der Waals surface area contributed by atoms with E-state index in [-0.39, 0.29) is 23.5 Å². The lowest BCUT2D eigenvalue weighted by Gasteiger charge is -2.37. The molecule has 2 aliphatic heterocycles. The zero-order valence-electron chi connectivity index (χ0n) is 15.9. The van der Waals surface area contributed by atoms with Crippen LogP contribution in [0.25, 0.3) is 0 Å². The van der Waals surface area contributed by atoms with E-state index in [1.807, 2.05) is 0 Å².